The summed E-state index contributed by atoms with van der Waals surface area (Å²) in [6.45, 7) is 1.96. The first-order chi connectivity index (χ1) is 12.2. The molecule has 5 nitrogen and oxygen atoms in total. The number of nitrogens with one attached hydrogen (secondary N) is 2. The minimum absolute atomic E-state index is 0.0276. The minimum atomic E-state index is -4.49. The maximum absolute atomic E-state index is 12.6. The zero-order chi connectivity index (χ0) is 18.9. The van der Waals surface area contributed by atoms with Crippen LogP contribution in [-0.2, 0) is 0 Å². The van der Waals surface area contributed by atoms with Crippen LogP contribution < -0.4 is 10.6 Å². The van der Waals surface area contributed by atoms with E-state index in [9.17, 15) is 18.0 Å². The number of carbonyl (C=O) groups excluding carboxylic acids is 1. The third-order valence-electron chi connectivity index (χ3n) is 4.39. The molecule has 0 spiro atoms. The molecule has 1 saturated carbocycles. The summed E-state index contributed by atoms with van der Waals surface area (Å²) in [7, 11) is 5.18. The lowest BCUT2D eigenvalue weighted by atomic mass is 9.80. The number of hydrogen-bond donors (Lipinski definition) is 2. The Balaban J connectivity index is 1.63. The number of anilines is 1. The fourth-order valence-corrected chi connectivity index (χ4v) is 2.63. The lowest BCUT2D eigenvalue weighted by Crippen LogP contribution is -2.37. The predicted molar refractivity (Wildman–Crippen MR) is 92.5 cm³/mol. The number of urea groups is 1. The van der Waals surface area contributed by atoms with Gasteiger partial charge in [-0.3, -0.25) is 5.32 Å². The molecule has 2 N–H and O–H groups in total. The van der Waals surface area contributed by atoms with E-state index in [1.807, 2.05) is 6.92 Å². The number of halogens is 3. The third-order valence-corrected chi connectivity index (χ3v) is 4.39. The van der Waals surface area contributed by atoms with Gasteiger partial charge in [0.15, 0.2) is 5.82 Å². The van der Waals surface area contributed by atoms with Crippen LogP contribution in [0.5, 0.6) is 0 Å². The standard InChI is InChI=1S/C17H18BF3N4O/c1-10(11-2-3-11)22-16(26)23-14-8-9-25(24-14)13-6-4-12(5-7-13)15(18)17(19,20)21/h4-11,15H,2-3H2,1H3,(H2,22,23,24,26). The van der Waals surface area contributed by atoms with Gasteiger partial charge in [0.1, 0.15) is 0 Å². The SMILES string of the molecule is [B]C(c1ccc(-n2ccc(NC(=O)NC(C)C3CC3)n2)cc1)C(F)(F)F. The van der Waals surface area contributed by atoms with E-state index in [0.29, 0.717) is 17.4 Å². The van der Waals surface area contributed by atoms with Gasteiger partial charge >= 0.3 is 12.2 Å². The molecule has 2 unspecified atom stereocenters. The van der Waals surface area contributed by atoms with Crippen molar-refractivity contribution in [1.82, 2.24) is 15.1 Å². The molecule has 1 heterocycles. The van der Waals surface area contributed by atoms with E-state index in [1.54, 1.807) is 12.3 Å². The summed E-state index contributed by atoms with van der Waals surface area (Å²) in [6, 6.07) is 7.00. The van der Waals surface area contributed by atoms with E-state index < -0.39 is 12.0 Å². The summed E-state index contributed by atoms with van der Waals surface area (Å²) in [5.41, 5.74) is 0.531. The summed E-state index contributed by atoms with van der Waals surface area (Å²) in [5, 5.41) is 9.70. The molecule has 1 aliphatic rings. The van der Waals surface area contributed by atoms with Crippen molar-refractivity contribution in [3.8, 4) is 5.69 Å². The number of rotatable bonds is 5. The van der Waals surface area contributed by atoms with Gasteiger partial charge < -0.3 is 5.32 Å². The molecule has 26 heavy (non-hydrogen) atoms. The maximum atomic E-state index is 12.6. The Kier molecular flexibility index (Phi) is 4.98. The van der Waals surface area contributed by atoms with E-state index in [1.165, 1.54) is 28.9 Å². The van der Waals surface area contributed by atoms with Crippen molar-refractivity contribution < 1.29 is 18.0 Å². The number of carbonyl (C=O) groups is 1. The number of benzene rings is 1. The molecule has 1 aliphatic carbocycles. The highest BCUT2D eigenvalue weighted by atomic mass is 19.4. The second-order valence-corrected chi connectivity index (χ2v) is 6.48. The van der Waals surface area contributed by atoms with E-state index in [4.69, 9.17) is 7.85 Å². The van der Waals surface area contributed by atoms with Gasteiger partial charge in [0.25, 0.3) is 0 Å². The van der Waals surface area contributed by atoms with Crippen LogP contribution in [0.15, 0.2) is 36.5 Å². The number of aromatic nitrogens is 2. The van der Waals surface area contributed by atoms with Gasteiger partial charge in [-0.25, -0.2) is 9.48 Å². The molecule has 2 aromatic rings. The summed E-state index contributed by atoms with van der Waals surface area (Å²) in [6.07, 6.45) is -0.623. The second-order valence-electron chi connectivity index (χ2n) is 6.48. The Bertz CT molecular complexity index is 771. The second kappa shape index (κ2) is 7.05. The van der Waals surface area contributed by atoms with Crippen LogP contribution in [0.2, 0.25) is 0 Å². The molecule has 2 atom stereocenters. The lowest BCUT2D eigenvalue weighted by Gasteiger charge is -2.16. The van der Waals surface area contributed by atoms with Crippen molar-refractivity contribution in [2.24, 2.45) is 5.92 Å². The normalized spacial score (nSPS) is 16.8. The third kappa shape index (κ3) is 4.39. The molecule has 0 saturated heterocycles. The van der Waals surface area contributed by atoms with E-state index in [0.717, 1.165) is 12.8 Å². The van der Waals surface area contributed by atoms with Gasteiger partial charge in [0.2, 0.25) is 0 Å². The molecule has 2 radical (unpaired) electrons. The molecule has 136 valence electrons. The number of amides is 2. The van der Waals surface area contributed by atoms with Crippen LogP contribution >= 0.6 is 0 Å². The Morgan fingerprint density at radius 1 is 1.27 bits per heavy atom. The van der Waals surface area contributed by atoms with E-state index in [2.05, 4.69) is 15.7 Å². The average molecular weight is 362 g/mol. The van der Waals surface area contributed by atoms with Gasteiger partial charge in [-0.05, 0) is 43.4 Å². The molecule has 1 aromatic heterocycles. The first-order valence-corrected chi connectivity index (χ1v) is 8.30. The fourth-order valence-electron chi connectivity index (χ4n) is 2.63. The van der Waals surface area contributed by atoms with E-state index >= 15 is 0 Å². The Labute approximate surface area is 150 Å². The van der Waals surface area contributed by atoms with Crippen LogP contribution in [0.3, 0.4) is 0 Å². The lowest BCUT2D eigenvalue weighted by molar-refractivity contribution is -0.131. The minimum Gasteiger partial charge on any atom is -0.335 e. The summed E-state index contributed by atoms with van der Waals surface area (Å²) < 4.78 is 39.4. The van der Waals surface area contributed by atoms with Crippen molar-refractivity contribution in [3.63, 3.8) is 0 Å². The largest absolute Gasteiger partial charge is 0.388 e. The zero-order valence-electron chi connectivity index (χ0n) is 14.1. The topological polar surface area (TPSA) is 59.0 Å². The van der Waals surface area contributed by atoms with Crippen molar-refractivity contribution in [1.29, 1.82) is 0 Å². The molecule has 1 aromatic carbocycles. The van der Waals surface area contributed by atoms with E-state index in [-0.39, 0.29) is 17.6 Å². The molecule has 0 aliphatic heterocycles. The van der Waals surface area contributed by atoms with Crippen LogP contribution in [0, 0.1) is 5.92 Å². The first-order valence-electron chi connectivity index (χ1n) is 8.30. The number of hydrogen-bond acceptors (Lipinski definition) is 2. The summed E-state index contributed by atoms with van der Waals surface area (Å²) in [5.74, 6) is -1.13. The monoisotopic (exact) mass is 362 g/mol. The number of nitrogens with zero attached hydrogens (tertiary/aromatic N) is 2. The molecule has 2 amide bonds. The first kappa shape index (κ1) is 18.3. The van der Waals surface area contributed by atoms with Crippen LogP contribution in [-0.4, -0.2) is 35.9 Å². The van der Waals surface area contributed by atoms with Gasteiger partial charge in [-0.1, -0.05) is 12.1 Å². The summed E-state index contributed by atoms with van der Waals surface area (Å²) >= 11 is 0. The van der Waals surface area contributed by atoms with Crippen LogP contribution in [0.25, 0.3) is 5.69 Å². The zero-order valence-corrected chi connectivity index (χ0v) is 14.1. The number of alkyl halides is 3. The molecule has 0 bridgehead atoms. The predicted octanol–water partition coefficient (Wildman–Crippen LogP) is 3.56. The molecular formula is C17H18BF3N4O. The van der Waals surface area contributed by atoms with Gasteiger partial charge in [-0.2, -0.15) is 13.2 Å². The quantitative estimate of drug-likeness (QED) is 0.799. The fraction of sp³-hybridized carbons (Fsp3) is 0.412. The van der Waals surface area contributed by atoms with Crippen LogP contribution in [0.1, 0.15) is 31.1 Å². The van der Waals surface area contributed by atoms with Crippen molar-refractivity contribution in [2.75, 3.05) is 5.32 Å². The maximum Gasteiger partial charge on any atom is 0.388 e. The van der Waals surface area contributed by atoms with Crippen LogP contribution in [0.4, 0.5) is 23.8 Å². The highest BCUT2D eigenvalue weighted by Crippen LogP contribution is 2.33. The van der Waals surface area contributed by atoms with Gasteiger partial charge in [-0.15, -0.1) is 5.10 Å². The molecule has 9 heteroatoms. The molecule has 1 fully saturated rings. The Morgan fingerprint density at radius 3 is 2.50 bits per heavy atom. The summed E-state index contributed by atoms with van der Waals surface area (Å²) in [4.78, 5) is 11.9. The van der Waals surface area contributed by atoms with Crippen molar-refractivity contribution in [3.05, 3.63) is 42.1 Å². The van der Waals surface area contributed by atoms with Crippen molar-refractivity contribution >= 4 is 19.7 Å². The van der Waals surface area contributed by atoms with Crippen molar-refractivity contribution in [2.45, 2.75) is 37.8 Å². The average Bonchev–Trinajstić information content (AvgIpc) is 3.34. The highest BCUT2D eigenvalue weighted by Gasteiger charge is 2.36. The molecule has 3 rings (SSSR count). The smallest absolute Gasteiger partial charge is 0.335 e. The Morgan fingerprint density at radius 2 is 1.92 bits per heavy atom. The highest BCUT2D eigenvalue weighted by molar-refractivity contribution is 6.13. The Hall–Kier alpha value is -2.45. The van der Waals surface area contributed by atoms with Gasteiger partial charge in [0.05, 0.1) is 13.5 Å². The molecular weight excluding hydrogens is 344 g/mol. The van der Waals surface area contributed by atoms with Gasteiger partial charge in [0, 0.05) is 24.1 Å².